The van der Waals surface area contributed by atoms with Crippen molar-refractivity contribution in [1.29, 1.82) is 0 Å². The minimum absolute atomic E-state index is 0.0965. The Morgan fingerprint density at radius 1 is 1.14 bits per heavy atom. The maximum atomic E-state index is 16.2. The molecule has 0 saturated heterocycles. The highest BCUT2D eigenvalue weighted by Crippen LogP contribution is 2.41. The number of nitrogens with one attached hydrogen (secondary N) is 1. The maximum absolute atomic E-state index is 16.2. The molecule has 2 atom stereocenters. The van der Waals surface area contributed by atoms with Crippen molar-refractivity contribution in [2.24, 2.45) is 0 Å². The van der Waals surface area contributed by atoms with Crippen LogP contribution < -0.4 is 5.32 Å². The van der Waals surface area contributed by atoms with Crippen LogP contribution in [0.3, 0.4) is 0 Å². The van der Waals surface area contributed by atoms with Crippen LogP contribution in [0.5, 0.6) is 0 Å². The Kier molecular flexibility index (Phi) is 5.24. The fraction of sp³-hybridized carbons (Fsp3) is 0.364. The molecule has 0 fully saturated rings. The number of alkyl carbamates (subject to hydrolysis) is 1. The van der Waals surface area contributed by atoms with Gasteiger partial charge in [0.15, 0.2) is 5.67 Å². The quantitative estimate of drug-likeness (QED) is 0.813. The van der Waals surface area contributed by atoms with Gasteiger partial charge in [-0.15, -0.1) is 0 Å². The van der Waals surface area contributed by atoms with Crippen molar-refractivity contribution < 1.29 is 23.1 Å². The summed E-state index contributed by atoms with van der Waals surface area (Å²) < 4.78 is 34.8. The van der Waals surface area contributed by atoms with Crippen LogP contribution in [0.2, 0.25) is 0 Å². The second kappa shape index (κ2) is 7.34. The van der Waals surface area contributed by atoms with E-state index in [0.29, 0.717) is 17.5 Å². The molecule has 0 aliphatic heterocycles. The predicted octanol–water partition coefficient (Wildman–Crippen LogP) is 4.93. The van der Waals surface area contributed by atoms with Gasteiger partial charge in [0.05, 0.1) is 6.04 Å². The first-order valence-electron chi connectivity index (χ1n) is 9.17. The van der Waals surface area contributed by atoms with Gasteiger partial charge >= 0.3 is 6.09 Å². The Labute approximate surface area is 162 Å². The topological polar surface area (TPSA) is 55.4 Å². The molecule has 0 bridgehead atoms. The first-order chi connectivity index (χ1) is 13.1. The van der Waals surface area contributed by atoms with Crippen LogP contribution in [0.25, 0.3) is 0 Å². The lowest BCUT2D eigenvalue weighted by molar-refractivity contribution is 0.0323. The van der Waals surface area contributed by atoms with Crippen molar-refractivity contribution in [3.63, 3.8) is 0 Å². The molecule has 0 radical (unpaired) electrons. The van der Waals surface area contributed by atoms with E-state index in [1.807, 2.05) is 0 Å². The van der Waals surface area contributed by atoms with Gasteiger partial charge in [-0.3, -0.25) is 4.79 Å². The number of aryl methyl sites for hydroxylation is 1. The van der Waals surface area contributed by atoms with E-state index in [2.05, 4.69) is 5.32 Å². The average Bonchev–Trinajstić information content (AvgIpc) is 2.63. The van der Waals surface area contributed by atoms with E-state index in [0.717, 1.165) is 5.56 Å². The Morgan fingerprint density at radius 3 is 2.43 bits per heavy atom. The molecule has 2 aromatic carbocycles. The molecular weight excluding hydrogens is 364 g/mol. The molecule has 0 heterocycles. The highest BCUT2D eigenvalue weighted by Gasteiger charge is 2.50. The van der Waals surface area contributed by atoms with Crippen LogP contribution in [0.4, 0.5) is 13.6 Å². The van der Waals surface area contributed by atoms with Gasteiger partial charge in [0.2, 0.25) is 5.78 Å². The molecular formula is C22H23F2NO3. The number of ether oxygens (including phenoxy) is 1. The predicted molar refractivity (Wildman–Crippen MR) is 101 cm³/mol. The number of amides is 1. The van der Waals surface area contributed by atoms with E-state index in [-0.39, 0.29) is 6.42 Å². The van der Waals surface area contributed by atoms with Crippen molar-refractivity contribution in [3.05, 3.63) is 71.0 Å². The number of hydrogen-bond donors (Lipinski definition) is 1. The Balaban J connectivity index is 2.00. The number of Topliss-reactive ketones (excluding diaryl/α,β-unsaturated/α-hetero) is 1. The van der Waals surface area contributed by atoms with E-state index in [1.165, 1.54) is 24.3 Å². The molecule has 3 rings (SSSR count). The minimum atomic E-state index is -2.37. The molecule has 6 heteroatoms. The summed E-state index contributed by atoms with van der Waals surface area (Å²) in [6, 6.07) is 10.6. The van der Waals surface area contributed by atoms with Gasteiger partial charge < -0.3 is 10.1 Å². The molecule has 148 valence electrons. The van der Waals surface area contributed by atoms with Gasteiger partial charge in [0, 0.05) is 5.56 Å². The number of fused-ring (bicyclic) bond motifs is 1. The summed E-state index contributed by atoms with van der Waals surface area (Å²) in [4.78, 5) is 25.4. The molecule has 2 aromatic rings. The van der Waals surface area contributed by atoms with Crippen molar-refractivity contribution >= 4 is 11.9 Å². The van der Waals surface area contributed by atoms with E-state index in [9.17, 15) is 14.0 Å². The van der Waals surface area contributed by atoms with Crippen LogP contribution in [-0.4, -0.2) is 23.1 Å². The number of benzene rings is 2. The number of carbonyl (C=O) groups excluding carboxylic acids is 2. The van der Waals surface area contributed by atoms with Crippen LogP contribution >= 0.6 is 0 Å². The van der Waals surface area contributed by atoms with Gasteiger partial charge in [0.1, 0.15) is 11.4 Å². The smallest absolute Gasteiger partial charge is 0.408 e. The van der Waals surface area contributed by atoms with E-state index >= 15 is 4.39 Å². The van der Waals surface area contributed by atoms with Crippen LogP contribution in [0.15, 0.2) is 48.5 Å². The summed E-state index contributed by atoms with van der Waals surface area (Å²) in [6.07, 6.45) is -0.585. The van der Waals surface area contributed by atoms with Gasteiger partial charge in [-0.25, -0.2) is 13.6 Å². The van der Waals surface area contributed by atoms with Gasteiger partial charge in [-0.2, -0.15) is 0 Å². The Bertz CT molecular complexity index is 889. The SMILES string of the molecule is CC(C)(C)OC(=O)N[C@@H](c1ccc(F)cc1)[C@@]1(F)CCc2ccccc2C1=O. The number of ketones is 1. The number of alkyl halides is 1. The van der Waals surface area contributed by atoms with Gasteiger partial charge in [-0.05, 0) is 56.9 Å². The highest BCUT2D eigenvalue weighted by molar-refractivity contribution is 6.05. The number of rotatable bonds is 3. The van der Waals surface area contributed by atoms with Crippen molar-refractivity contribution in [3.8, 4) is 0 Å². The van der Waals surface area contributed by atoms with Gasteiger partial charge in [-0.1, -0.05) is 36.4 Å². The fourth-order valence-electron chi connectivity index (χ4n) is 3.43. The van der Waals surface area contributed by atoms with Crippen LogP contribution in [0, 0.1) is 5.82 Å². The van der Waals surface area contributed by atoms with E-state index in [4.69, 9.17) is 4.74 Å². The molecule has 1 aliphatic rings. The van der Waals surface area contributed by atoms with Crippen LogP contribution in [0.1, 0.15) is 54.7 Å². The third-order valence-electron chi connectivity index (χ3n) is 4.72. The normalized spacial score (nSPS) is 20.2. The molecule has 28 heavy (non-hydrogen) atoms. The maximum Gasteiger partial charge on any atom is 0.408 e. The Hall–Kier alpha value is -2.76. The van der Waals surface area contributed by atoms with Crippen molar-refractivity contribution in [2.45, 2.75) is 50.9 Å². The van der Waals surface area contributed by atoms with E-state index < -0.39 is 35.0 Å². The van der Waals surface area contributed by atoms with E-state index in [1.54, 1.807) is 45.0 Å². The average molecular weight is 387 g/mol. The van der Waals surface area contributed by atoms with Crippen LogP contribution in [-0.2, 0) is 11.2 Å². The zero-order valence-corrected chi connectivity index (χ0v) is 16.1. The molecule has 1 N–H and O–H groups in total. The molecule has 4 nitrogen and oxygen atoms in total. The second-order valence-corrected chi connectivity index (χ2v) is 7.98. The molecule has 0 spiro atoms. The third-order valence-corrected chi connectivity index (χ3v) is 4.72. The first-order valence-corrected chi connectivity index (χ1v) is 9.17. The zero-order valence-electron chi connectivity index (χ0n) is 16.1. The summed E-state index contributed by atoms with van der Waals surface area (Å²) in [5, 5.41) is 2.50. The third kappa shape index (κ3) is 4.06. The largest absolute Gasteiger partial charge is 0.444 e. The first kappa shape index (κ1) is 20.0. The standard InChI is InChI=1S/C22H23F2NO3/c1-21(2,3)28-20(27)25-18(15-8-10-16(23)11-9-15)22(24)13-12-14-6-4-5-7-17(14)19(22)26/h4-11,18H,12-13H2,1-3H3,(H,25,27)/t18-,22-/m0/s1. The molecule has 1 amide bonds. The molecule has 0 saturated carbocycles. The Morgan fingerprint density at radius 2 is 1.79 bits per heavy atom. The summed E-state index contributed by atoms with van der Waals surface area (Å²) in [5.41, 5.74) is -1.79. The van der Waals surface area contributed by atoms with Gasteiger partial charge in [0.25, 0.3) is 0 Å². The number of hydrogen-bond acceptors (Lipinski definition) is 3. The minimum Gasteiger partial charge on any atom is -0.444 e. The second-order valence-electron chi connectivity index (χ2n) is 7.98. The fourth-order valence-corrected chi connectivity index (χ4v) is 3.43. The summed E-state index contributed by atoms with van der Waals surface area (Å²) in [7, 11) is 0. The summed E-state index contributed by atoms with van der Waals surface area (Å²) in [5.74, 6) is -1.19. The number of halogens is 2. The monoisotopic (exact) mass is 387 g/mol. The lowest BCUT2D eigenvalue weighted by atomic mass is 9.74. The zero-order chi connectivity index (χ0) is 20.5. The lowest BCUT2D eigenvalue weighted by Crippen LogP contribution is -2.51. The molecule has 0 unspecified atom stereocenters. The van der Waals surface area contributed by atoms with Crippen molar-refractivity contribution in [2.75, 3.05) is 0 Å². The lowest BCUT2D eigenvalue weighted by Gasteiger charge is -2.37. The number of carbonyl (C=O) groups is 2. The molecule has 1 aliphatic carbocycles. The summed E-state index contributed by atoms with van der Waals surface area (Å²) >= 11 is 0. The summed E-state index contributed by atoms with van der Waals surface area (Å²) in [6.45, 7) is 5.06. The molecule has 0 aromatic heterocycles. The highest BCUT2D eigenvalue weighted by atomic mass is 19.1. The van der Waals surface area contributed by atoms with Crippen molar-refractivity contribution in [1.82, 2.24) is 5.32 Å².